The van der Waals surface area contributed by atoms with Crippen molar-refractivity contribution in [1.82, 2.24) is 0 Å². The number of hydrogen-bond donors (Lipinski definition) is 0. The molecule has 0 nitrogen and oxygen atoms in total. The Morgan fingerprint density at radius 1 is 0.600 bits per heavy atom. The summed E-state index contributed by atoms with van der Waals surface area (Å²) < 4.78 is 0. The van der Waals surface area contributed by atoms with Crippen LogP contribution in [0.15, 0.2) is 60.7 Å². The lowest BCUT2D eigenvalue weighted by Gasteiger charge is -2.49. The Hall–Kier alpha value is -1.76. The van der Waals surface area contributed by atoms with Gasteiger partial charge in [-0.15, -0.1) is 0 Å². The standard InChI is InChI=1S/C28H24Cl2/c29-22-4-1-16(2-5-22)17-3-7-24-25-8-6-23(30)13-27(25)19-10-21-12-20-9-18(26(24)11-17)14-28(20,21)15-19/h1-8,11,13,18-21H,9-10,12,14-15H2. The minimum absolute atomic E-state index is 0.604. The monoisotopic (exact) mass is 430 g/mol. The first-order valence-corrected chi connectivity index (χ1v) is 12.1. The Bertz CT molecular complexity index is 1180. The predicted octanol–water partition coefficient (Wildman–Crippen LogP) is 8.72. The second-order valence-corrected chi connectivity index (χ2v) is 11.0. The number of hydrogen-bond acceptors (Lipinski definition) is 0. The molecule has 5 atom stereocenters. The summed E-state index contributed by atoms with van der Waals surface area (Å²) >= 11 is 12.6. The molecule has 0 saturated heterocycles. The molecule has 1 spiro atoms. The van der Waals surface area contributed by atoms with Crippen LogP contribution in [0.4, 0.5) is 0 Å². The zero-order valence-corrected chi connectivity index (χ0v) is 18.4. The van der Waals surface area contributed by atoms with E-state index in [0.717, 1.165) is 21.9 Å². The third kappa shape index (κ3) is 2.36. The van der Waals surface area contributed by atoms with Gasteiger partial charge in [0.05, 0.1) is 0 Å². The van der Waals surface area contributed by atoms with Crippen molar-refractivity contribution in [1.29, 1.82) is 0 Å². The molecule has 3 fully saturated rings. The van der Waals surface area contributed by atoms with Gasteiger partial charge in [-0.25, -0.2) is 0 Å². The maximum atomic E-state index is 6.51. The van der Waals surface area contributed by atoms with E-state index in [-0.39, 0.29) is 0 Å². The van der Waals surface area contributed by atoms with Crippen LogP contribution < -0.4 is 0 Å². The molecule has 3 aromatic rings. The lowest BCUT2D eigenvalue weighted by atomic mass is 9.56. The van der Waals surface area contributed by atoms with Gasteiger partial charge >= 0.3 is 0 Å². The van der Waals surface area contributed by atoms with Crippen molar-refractivity contribution in [2.75, 3.05) is 0 Å². The molecular formula is C28H24Cl2. The maximum absolute atomic E-state index is 6.51. The highest BCUT2D eigenvalue weighted by Gasteiger charge is 2.64. The fourth-order valence-electron chi connectivity index (χ4n) is 7.73. The molecule has 3 bridgehead atoms. The van der Waals surface area contributed by atoms with Gasteiger partial charge in [-0.3, -0.25) is 0 Å². The van der Waals surface area contributed by atoms with Gasteiger partial charge in [0.2, 0.25) is 0 Å². The smallest absolute Gasteiger partial charge is 0.0409 e. The number of halogens is 2. The quantitative estimate of drug-likeness (QED) is 0.361. The van der Waals surface area contributed by atoms with Gasteiger partial charge in [0.25, 0.3) is 0 Å². The van der Waals surface area contributed by atoms with Gasteiger partial charge in [0.15, 0.2) is 0 Å². The van der Waals surface area contributed by atoms with Gasteiger partial charge in [-0.2, -0.15) is 0 Å². The summed E-state index contributed by atoms with van der Waals surface area (Å²) in [6.07, 6.45) is 6.97. The second kappa shape index (κ2) is 6.15. The third-order valence-electron chi connectivity index (χ3n) is 9.00. The average molecular weight is 431 g/mol. The molecule has 3 aromatic carbocycles. The molecule has 0 radical (unpaired) electrons. The molecule has 30 heavy (non-hydrogen) atoms. The minimum atomic E-state index is 0.604. The van der Waals surface area contributed by atoms with Crippen LogP contribution in [-0.4, -0.2) is 0 Å². The van der Waals surface area contributed by atoms with Crippen molar-refractivity contribution < 1.29 is 0 Å². The van der Waals surface area contributed by atoms with Crippen LogP contribution in [0.3, 0.4) is 0 Å². The average Bonchev–Trinajstić information content (AvgIpc) is 3.21. The number of rotatable bonds is 1. The highest BCUT2D eigenvalue weighted by molar-refractivity contribution is 6.31. The van der Waals surface area contributed by atoms with Crippen molar-refractivity contribution in [3.63, 3.8) is 0 Å². The van der Waals surface area contributed by atoms with E-state index < -0.39 is 0 Å². The van der Waals surface area contributed by atoms with Crippen molar-refractivity contribution in [2.45, 2.75) is 43.9 Å². The van der Waals surface area contributed by atoms with E-state index in [9.17, 15) is 0 Å². The first kappa shape index (κ1) is 17.9. The number of benzene rings is 3. The fraction of sp³-hybridized carbons (Fsp3) is 0.357. The topological polar surface area (TPSA) is 0 Å². The lowest BCUT2D eigenvalue weighted by Crippen LogP contribution is -2.41. The van der Waals surface area contributed by atoms with Crippen molar-refractivity contribution >= 4 is 23.2 Å². The fourth-order valence-corrected chi connectivity index (χ4v) is 8.03. The molecule has 4 aliphatic rings. The molecule has 5 unspecified atom stereocenters. The Morgan fingerprint density at radius 3 is 1.87 bits per heavy atom. The molecule has 3 saturated carbocycles. The Labute approximate surface area is 188 Å². The van der Waals surface area contributed by atoms with Crippen molar-refractivity contribution in [3.05, 3.63) is 81.8 Å². The van der Waals surface area contributed by atoms with E-state index in [1.54, 1.807) is 5.56 Å². The highest BCUT2D eigenvalue weighted by Crippen LogP contribution is 2.74. The van der Waals surface area contributed by atoms with Crippen LogP contribution >= 0.6 is 23.2 Å². The van der Waals surface area contributed by atoms with Crippen LogP contribution in [0.2, 0.25) is 10.0 Å². The summed E-state index contributed by atoms with van der Waals surface area (Å²) in [5.74, 6) is 3.23. The molecule has 150 valence electrons. The SMILES string of the molecule is Clc1ccc(-c2ccc3c(c2)C2CC4CC5CC(CC54C2)c2cc(Cl)ccc2-3)cc1. The molecule has 2 heteroatoms. The molecule has 4 aliphatic carbocycles. The van der Waals surface area contributed by atoms with Gasteiger partial charge in [-0.05, 0) is 119 Å². The minimum Gasteiger partial charge on any atom is -0.0843 e. The molecule has 0 aliphatic heterocycles. The number of fused-ring (bicyclic) bond motifs is 7. The maximum Gasteiger partial charge on any atom is 0.0409 e. The van der Waals surface area contributed by atoms with Gasteiger partial charge in [-0.1, -0.05) is 59.6 Å². The Morgan fingerprint density at radius 2 is 1.17 bits per heavy atom. The summed E-state index contributed by atoms with van der Waals surface area (Å²) in [5.41, 5.74) is 9.07. The van der Waals surface area contributed by atoms with Crippen molar-refractivity contribution in [2.24, 2.45) is 17.3 Å². The van der Waals surface area contributed by atoms with Crippen LogP contribution in [-0.2, 0) is 0 Å². The first-order chi connectivity index (χ1) is 14.6. The van der Waals surface area contributed by atoms with Crippen LogP contribution in [0.5, 0.6) is 0 Å². The Kier molecular flexibility index (Phi) is 3.66. The zero-order chi connectivity index (χ0) is 20.0. The van der Waals surface area contributed by atoms with E-state index in [0.29, 0.717) is 17.3 Å². The second-order valence-electron chi connectivity index (χ2n) is 10.2. The van der Waals surface area contributed by atoms with Crippen LogP contribution in [0.25, 0.3) is 22.3 Å². The van der Waals surface area contributed by atoms with E-state index >= 15 is 0 Å². The summed E-state index contributed by atoms with van der Waals surface area (Å²) in [5, 5.41) is 1.67. The third-order valence-corrected chi connectivity index (χ3v) is 9.49. The van der Waals surface area contributed by atoms with Gasteiger partial charge in [0.1, 0.15) is 0 Å². The lowest BCUT2D eigenvalue weighted by molar-refractivity contribution is 0.00308. The summed E-state index contributed by atoms with van der Waals surface area (Å²) in [6, 6.07) is 22.1. The normalized spacial score (nSPS) is 32.5. The van der Waals surface area contributed by atoms with Crippen molar-refractivity contribution in [3.8, 4) is 22.3 Å². The van der Waals surface area contributed by atoms with E-state index in [1.165, 1.54) is 59.9 Å². The molecule has 0 amide bonds. The summed E-state index contributed by atoms with van der Waals surface area (Å²) in [7, 11) is 0. The molecule has 7 rings (SSSR count). The van der Waals surface area contributed by atoms with Crippen LogP contribution in [0.1, 0.15) is 55.1 Å². The molecular weight excluding hydrogens is 407 g/mol. The predicted molar refractivity (Wildman–Crippen MR) is 125 cm³/mol. The van der Waals surface area contributed by atoms with E-state index in [2.05, 4.69) is 48.5 Å². The molecule has 0 aromatic heterocycles. The molecule has 0 heterocycles. The highest BCUT2D eigenvalue weighted by atomic mass is 35.5. The van der Waals surface area contributed by atoms with E-state index in [1.807, 2.05) is 12.1 Å². The largest absolute Gasteiger partial charge is 0.0843 e. The van der Waals surface area contributed by atoms with Gasteiger partial charge < -0.3 is 0 Å². The van der Waals surface area contributed by atoms with Crippen LogP contribution in [0, 0.1) is 17.3 Å². The first-order valence-electron chi connectivity index (χ1n) is 11.3. The van der Waals surface area contributed by atoms with Gasteiger partial charge in [0, 0.05) is 10.0 Å². The summed E-state index contributed by atoms with van der Waals surface area (Å²) in [4.78, 5) is 0. The van der Waals surface area contributed by atoms with E-state index in [4.69, 9.17) is 23.2 Å². The molecule has 0 N–H and O–H groups in total. The summed E-state index contributed by atoms with van der Waals surface area (Å²) in [6.45, 7) is 0. The Balaban J connectivity index is 1.46. The zero-order valence-electron chi connectivity index (χ0n) is 16.9.